The van der Waals surface area contributed by atoms with Crippen LogP contribution in [-0.2, 0) is 0 Å². The van der Waals surface area contributed by atoms with Gasteiger partial charge in [0.15, 0.2) is 0 Å². The number of urea groups is 1. The maximum Gasteiger partial charge on any atom is 0.315 e. The summed E-state index contributed by atoms with van der Waals surface area (Å²) in [6.07, 6.45) is 3.34. The number of amides is 2. The monoisotopic (exact) mass is 216 g/mol. The second-order valence-electron chi connectivity index (χ2n) is 3.78. The van der Waals surface area contributed by atoms with Crippen molar-refractivity contribution in [1.29, 1.82) is 0 Å². The Kier molecular flexibility index (Phi) is 5.15. The van der Waals surface area contributed by atoms with E-state index in [9.17, 15) is 4.79 Å². The van der Waals surface area contributed by atoms with Crippen LogP contribution in [0.15, 0.2) is 0 Å². The molecule has 0 aromatic heterocycles. The lowest BCUT2D eigenvalue weighted by Gasteiger charge is -2.13. The van der Waals surface area contributed by atoms with Crippen molar-refractivity contribution in [3.05, 3.63) is 0 Å². The molecule has 0 aromatic carbocycles. The number of hydrogen-bond donors (Lipinski definition) is 2. The highest BCUT2D eigenvalue weighted by molar-refractivity contribution is 7.99. The highest BCUT2D eigenvalue weighted by atomic mass is 32.2. The molecule has 3 nitrogen and oxygen atoms in total. The Hall–Kier alpha value is -0.380. The summed E-state index contributed by atoms with van der Waals surface area (Å²) < 4.78 is 0. The van der Waals surface area contributed by atoms with E-state index in [2.05, 4.69) is 24.5 Å². The summed E-state index contributed by atoms with van der Waals surface area (Å²) in [6, 6.07) is 0.738. The van der Waals surface area contributed by atoms with E-state index in [1.807, 2.05) is 11.8 Å². The number of carbonyl (C=O) groups excluding carboxylic acids is 1. The molecule has 4 heteroatoms. The maximum absolute atomic E-state index is 11.3. The van der Waals surface area contributed by atoms with Gasteiger partial charge < -0.3 is 10.6 Å². The Balaban J connectivity index is 1.99. The molecule has 0 unspecified atom stereocenters. The third kappa shape index (κ3) is 5.37. The van der Waals surface area contributed by atoms with Gasteiger partial charge in [0.1, 0.15) is 0 Å². The van der Waals surface area contributed by atoms with E-state index in [4.69, 9.17) is 0 Å². The summed E-state index contributed by atoms with van der Waals surface area (Å²) in [6.45, 7) is 4.21. The number of nitrogens with one attached hydrogen (secondary N) is 2. The van der Waals surface area contributed by atoms with Crippen molar-refractivity contribution in [1.82, 2.24) is 10.6 Å². The van der Waals surface area contributed by atoms with Gasteiger partial charge in [0.25, 0.3) is 0 Å². The van der Waals surface area contributed by atoms with E-state index in [0.717, 1.165) is 30.8 Å². The second-order valence-corrected chi connectivity index (χ2v) is 5.17. The first-order valence-corrected chi connectivity index (χ1v) is 6.52. The summed E-state index contributed by atoms with van der Waals surface area (Å²) in [4.78, 5) is 11.3. The maximum atomic E-state index is 11.3. The van der Waals surface area contributed by atoms with Gasteiger partial charge in [-0.1, -0.05) is 6.92 Å². The molecule has 0 saturated heterocycles. The SMILES string of the molecule is CCSCC[C@H](C)NC(=O)NC1CC1. The van der Waals surface area contributed by atoms with Crippen molar-refractivity contribution in [3.63, 3.8) is 0 Å². The fraction of sp³-hybridized carbons (Fsp3) is 0.900. The molecule has 0 heterocycles. The van der Waals surface area contributed by atoms with Gasteiger partial charge in [-0.05, 0) is 37.7 Å². The van der Waals surface area contributed by atoms with Crippen LogP contribution < -0.4 is 10.6 Å². The van der Waals surface area contributed by atoms with Gasteiger partial charge in [0, 0.05) is 12.1 Å². The van der Waals surface area contributed by atoms with Crippen LogP contribution in [0.5, 0.6) is 0 Å². The van der Waals surface area contributed by atoms with Crippen LogP contribution in [-0.4, -0.2) is 29.6 Å². The first-order valence-electron chi connectivity index (χ1n) is 5.37. The van der Waals surface area contributed by atoms with Crippen LogP contribution in [0.2, 0.25) is 0 Å². The molecule has 82 valence electrons. The van der Waals surface area contributed by atoms with Crippen molar-refractivity contribution in [2.75, 3.05) is 11.5 Å². The average molecular weight is 216 g/mol. The zero-order valence-corrected chi connectivity index (χ0v) is 9.82. The van der Waals surface area contributed by atoms with Crippen LogP contribution in [0.1, 0.15) is 33.1 Å². The number of rotatable bonds is 6. The summed E-state index contributed by atoms with van der Waals surface area (Å²) in [5.74, 6) is 2.28. The summed E-state index contributed by atoms with van der Waals surface area (Å²) in [5, 5.41) is 5.87. The quantitative estimate of drug-likeness (QED) is 0.667. The van der Waals surface area contributed by atoms with E-state index in [1.54, 1.807) is 0 Å². The smallest absolute Gasteiger partial charge is 0.315 e. The highest BCUT2D eigenvalue weighted by Gasteiger charge is 2.23. The fourth-order valence-electron chi connectivity index (χ4n) is 1.16. The molecular weight excluding hydrogens is 196 g/mol. The first-order chi connectivity index (χ1) is 6.72. The zero-order valence-electron chi connectivity index (χ0n) is 9.01. The Bertz CT molecular complexity index is 183. The van der Waals surface area contributed by atoms with Gasteiger partial charge in [-0.2, -0.15) is 11.8 Å². The molecule has 1 rings (SSSR count). The molecule has 14 heavy (non-hydrogen) atoms. The molecule has 1 fully saturated rings. The lowest BCUT2D eigenvalue weighted by atomic mass is 10.3. The van der Waals surface area contributed by atoms with Gasteiger partial charge >= 0.3 is 6.03 Å². The molecule has 1 saturated carbocycles. The molecular formula is C10H20N2OS. The minimum absolute atomic E-state index is 0.00139. The number of carbonyl (C=O) groups is 1. The van der Waals surface area contributed by atoms with Crippen LogP contribution in [0.3, 0.4) is 0 Å². The Morgan fingerprint density at radius 1 is 1.57 bits per heavy atom. The minimum atomic E-state index is 0.00139. The van der Waals surface area contributed by atoms with Gasteiger partial charge in [-0.3, -0.25) is 0 Å². The standard InChI is InChI=1S/C10H20N2OS/c1-3-14-7-6-8(2)11-10(13)12-9-4-5-9/h8-9H,3-7H2,1-2H3,(H2,11,12,13)/t8-/m0/s1. The lowest BCUT2D eigenvalue weighted by molar-refractivity contribution is 0.237. The molecule has 0 aliphatic heterocycles. The third-order valence-electron chi connectivity index (χ3n) is 2.19. The van der Waals surface area contributed by atoms with Gasteiger partial charge in [0.05, 0.1) is 0 Å². The lowest BCUT2D eigenvalue weighted by Crippen LogP contribution is -2.41. The molecule has 2 N–H and O–H groups in total. The summed E-state index contributed by atoms with van der Waals surface area (Å²) in [5.41, 5.74) is 0. The third-order valence-corrected chi connectivity index (χ3v) is 3.12. The van der Waals surface area contributed by atoms with E-state index >= 15 is 0 Å². The second kappa shape index (κ2) is 6.17. The van der Waals surface area contributed by atoms with Gasteiger partial charge in [-0.15, -0.1) is 0 Å². The Morgan fingerprint density at radius 2 is 2.29 bits per heavy atom. The van der Waals surface area contributed by atoms with Crippen LogP contribution in [0.4, 0.5) is 4.79 Å². The Morgan fingerprint density at radius 3 is 2.86 bits per heavy atom. The molecule has 2 amide bonds. The van der Waals surface area contributed by atoms with Crippen LogP contribution >= 0.6 is 11.8 Å². The predicted molar refractivity (Wildman–Crippen MR) is 61.8 cm³/mol. The predicted octanol–water partition coefficient (Wildman–Crippen LogP) is 1.98. The largest absolute Gasteiger partial charge is 0.336 e. The molecule has 0 bridgehead atoms. The normalized spacial score (nSPS) is 17.6. The van der Waals surface area contributed by atoms with Crippen molar-refractivity contribution < 1.29 is 4.79 Å². The average Bonchev–Trinajstić information content (AvgIpc) is 2.88. The molecule has 1 aliphatic carbocycles. The van der Waals surface area contributed by atoms with E-state index < -0.39 is 0 Å². The first kappa shape index (κ1) is 11.7. The van der Waals surface area contributed by atoms with Crippen molar-refractivity contribution in [2.24, 2.45) is 0 Å². The molecule has 0 radical (unpaired) electrons. The highest BCUT2D eigenvalue weighted by Crippen LogP contribution is 2.18. The van der Waals surface area contributed by atoms with E-state index in [0.29, 0.717) is 6.04 Å². The van der Waals surface area contributed by atoms with Gasteiger partial charge in [0.2, 0.25) is 0 Å². The molecule has 1 aliphatic rings. The minimum Gasteiger partial charge on any atom is -0.336 e. The summed E-state index contributed by atoms with van der Waals surface area (Å²) in [7, 11) is 0. The van der Waals surface area contributed by atoms with Crippen molar-refractivity contribution in [3.8, 4) is 0 Å². The molecule has 0 spiro atoms. The van der Waals surface area contributed by atoms with Crippen molar-refractivity contribution >= 4 is 17.8 Å². The number of thioether (sulfide) groups is 1. The van der Waals surface area contributed by atoms with Crippen LogP contribution in [0, 0.1) is 0 Å². The van der Waals surface area contributed by atoms with Gasteiger partial charge in [-0.25, -0.2) is 4.79 Å². The fourth-order valence-corrected chi connectivity index (χ4v) is 1.96. The molecule has 0 aromatic rings. The van der Waals surface area contributed by atoms with Crippen LogP contribution in [0.25, 0.3) is 0 Å². The van der Waals surface area contributed by atoms with Crippen molar-refractivity contribution in [2.45, 2.75) is 45.2 Å². The van der Waals surface area contributed by atoms with E-state index in [1.165, 1.54) is 0 Å². The molecule has 1 atom stereocenters. The number of hydrogen-bond acceptors (Lipinski definition) is 2. The topological polar surface area (TPSA) is 41.1 Å². The zero-order chi connectivity index (χ0) is 10.4. The summed E-state index contributed by atoms with van der Waals surface area (Å²) >= 11 is 1.92. The van der Waals surface area contributed by atoms with E-state index in [-0.39, 0.29) is 12.1 Å². The Labute approximate surface area is 90.4 Å².